The summed E-state index contributed by atoms with van der Waals surface area (Å²) < 4.78 is 4.91. The molecule has 0 bridgehead atoms. The van der Waals surface area contributed by atoms with Gasteiger partial charge in [-0.25, -0.2) is 0 Å². The lowest BCUT2D eigenvalue weighted by Gasteiger charge is -2.52. The van der Waals surface area contributed by atoms with Crippen molar-refractivity contribution >= 4 is 5.91 Å². The summed E-state index contributed by atoms with van der Waals surface area (Å²) in [6.45, 7) is 1.75. The zero-order valence-electron chi connectivity index (χ0n) is 14.9. The molecule has 1 N–H and O–H groups in total. The molecule has 134 valence electrons. The Balaban J connectivity index is 2.01. The number of benzene rings is 2. The molecular weight excluding hydrogens is 328 g/mol. The Hall–Kier alpha value is -2.68. The second-order valence-corrected chi connectivity index (χ2v) is 6.54. The maximum absolute atomic E-state index is 12.3. The van der Waals surface area contributed by atoms with Crippen LogP contribution in [0.25, 0.3) is 11.1 Å². The van der Waals surface area contributed by atoms with E-state index >= 15 is 0 Å². The Kier molecular flexibility index (Phi) is 5.36. The van der Waals surface area contributed by atoms with Crippen LogP contribution in [-0.4, -0.2) is 48.3 Å². The molecule has 0 aromatic heterocycles. The van der Waals surface area contributed by atoms with Crippen LogP contribution < -0.4 is 0 Å². The van der Waals surface area contributed by atoms with E-state index in [-0.39, 0.29) is 25.0 Å². The van der Waals surface area contributed by atoms with Gasteiger partial charge < -0.3 is 14.7 Å². The Morgan fingerprint density at radius 2 is 2.04 bits per heavy atom. The molecule has 3 rings (SSSR count). The molecular formula is C21H22N2O3. The molecule has 5 nitrogen and oxygen atoms in total. The van der Waals surface area contributed by atoms with Crippen molar-refractivity contribution in [3.63, 3.8) is 0 Å². The molecule has 3 atom stereocenters. The van der Waals surface area contributed by atoms with Crippen LogP contribution in [0.5, 0.6) is 0 Å². The number of ether oxygens (including phenoxy) is 1. The number of aliphatic hydroxyl groups excluding tert-OH is 1. The summed E-state index contributed by atoms with van der Waals surface area (Å²) in [7, 11) is 1.44. The number of likely N-dealkylation sites (tertiary alicyclic amines) is 1. The zero-order valence-corrected chi connectivity index (χ0v) is 14.9. The minimum atomic E-state index is -0.610. The Labute approximate surface area is 153 Å². The predicted molar refractivity (Wildman–Crippen MR) is 98.4 cm³/mol. The number of methoxy groups -OCH3 is 1. The number of hydrogen-bond acceptors (Lipinski definition) is 4. The normalized spacial score (nSPS) is 21.8. The third-order valence-electron chi connectivity index (χ3n) is 4.94. The van der Waals surface area contributed by atoms with Crippen LogP contribution in [0.1, 0.15) is 17.0 Å². The first-order valence-electron chi connectivity index (χ1n) is 8.59. The van der Waals surface area contributed by atoms with Gasteiger partial charge in [-0.3, -0.25) is 4.79 Å². The summed E-state index contributed by atoms with van der Waals surface area (Å²) in [5, 5.41) is 19.5. The van der Waals surface area contributed by atoms with Crippen molar-refractivity contribution in [1.29, 1.82) is 5.26 Å². The monoisotopic (exact) mass is 350 g/mol. The molecule has 2 aromatic rings. The summed E-state index contributed by atoms with van der Waals surface area (Å²) in [5.74, 6) is -0.509. The first-order chi connectivity index (χ1) is 12.6. The van der Waals surface area contributed by atoms with E-state index in [9.17, 15) is 15.2 Å². The number of rotatable bonds is 5. The van der Waals surface area contributed by atoms with E-state index in [0.29, 0.717) is 0 Å². The molecule has 26 heavy (non-hydrogen) atoms. The third-order valence-corrected chi connectivity index (χ3v) is 4.94. The summed E-state index contributed by atoms with van der Waals surface area (Å²) in [4.78, 5) is 13.7. The molecule has 1 amide bonds. The molecule has 1 aliphatic rings. The molecule has 0 saturated carbocycles. The van der Waals surface area contributed by atoms with Gasteiger partial charge in [0.05, 0.1) is 18.7 Å². The number of amides is 1. The van der Waals surface area contributed by atoms with E-state index in [1.165, 1.54) is 12.0 Å². The first kappa shape index (κ1) is 18.1. The van der Waals surface area contributed by atoms with E-state index in [1.807, 2.05) is 49.4 Å². The highest BCUT2D eigenvalue weighted by Crippen LogP contribution is 2.44. The first-order valence-corrected chi connectivity index (χ1v) is 8.59. The third kappa shape index (κ3) is 3.10. The van der Waals surface area contributed by atoms with Crippen molar-refractivity contribution in [3.8, 4) is 17.2 Å². The van der Waals surface area contributed by atoms with Gasteiger partial charge in [-0.05, 0) is 23.6 Å². The van der Waals surface area contributed by atoms with Gasteiger partial charge in [0.15, 0.2) is 0 Å². The quantitative estimate of drug-likeness (QED) is 0.899. The fourth-order valence-electron chi connectivity index (χ4n) is 3.78. The number of aryl methyl sites for hydroxylation is 1. The molecule has 1 aliphatic heterocycles. The Morgan fingerprint density at radius 1 is 1.27 bits per heavy atom. The predicted octanol–water partition coefficient (Wildman–Crippen LogP) is 2.49. The van der Waals surface area contributed by atoms with Gasteiger partial charge in [-0.15, -0.1) is 0 Å². The number of carbonyl (C=O) groups excluding carboxylic acids is 1. The van der Waals surface area contributed by atoms with Crippen LogP contribution in [0, 0.1) is 18.3 Å². The summed E-state index contributed by atoms with van der Waals surface area (Å²) in [5.41, 5.74) is 4.22. The van der Waals surface area contributed by atoms with Crippen LogP contribution in [0.4, 0.5) is 0 Å². The zero-order chi connectivity index (χ0) is 18.7. The van der Waals surface area contributed by atoms with Crippen LogP contribution >= 0.6 is 0 Å². The molecule has 0 unspecified atom stereocenters. The number of nitriles is 1. The highest BCUT2D eigenvalue weighted by Gasteiger charge is 2.52. The van der Waals surface area contributed by atoms with E-state index in [2.05, 4.69) is 12.1 Å². The van der Waals surface area contributed by atoms with Crippen LogP contribution in [0.2, 0.25) is 0 Å². The standard InChI is InChI=1S/C21H22N2O3/c1-14-6-5-7-15(10-14)16-8-3-4-9-17(16)21-18(11-22)23(19(21)12-24)20(25)13-26-2/h3-10,18-19,21,24H,12-13H2,1-2H3/t18-,19+,21+/m0/s1. The molecule has 2 aromatic carbocycles. The Bertz CT molecular complexity index is 843. The summed E-state index contributed by atoms with van der Waals surface area (Å²) in [6, 6.07) is 17.3. The van der Waals surface area contributed by atoms with Gasteiger partial charge in [-0.2, -0.15) is 5.26 Å². The highest BCUT2D eigenvalue weighted by molar-refractivity contribution is 5.81. The van der Waals surface area contributed by atoms with Crippen molar-refractivity contribution in [2.75, 3.05) is 20.3 Å². The second-order valence-electron chi connectivity index (χ2n) is 6.54. The van der Waals surface area contributed by atoms with Gasteiger partial charge >= 0.3 is 0 Å². The lowest BCUT2D eigenvalue weighted by atomic mass is 9.73. The second kappa shape index (κ2) is 7.69. The van der Waals surface area contributed by atoms with Gasteiger partial charge in [0.25, 0.3) is 0 Å². The smallest absolute Gasteiger partial charge is 0.249 e. The lowest BCUT2D eigenvalue weighted by Crippen LogP contribution is -2.66. The van der Waals surface area contributed by atoms with Gasteiger partial charge in [0.1, 0.15) is 12.6 Å². The molecule has 0 aliphatic carbocycles. The summed E-state index contributed by atoms with van der Waals surface area (Å²) in [6.07, 6.45) is 0. The SMILES string of the molecule is COCC(=O)N1[C@H](CO)[C@H](c2ccccc2-c2cccc(C)c2)[C@@H]1C#N. The van der Waals surface area contributed by atoms with Gasteiger partial charge in [0, 0.05) is 13.0 Å². The van der Waals surface area contributed by atoms with E-state index in [0.717, 1.165) is 22.3 Å². The van der Waals surface area contributed by atoms with E-state index < -0.39 is 12.1 Å². The highest BCUT2D eigenvalue weighted by atomic mass is 16.5. The minimum Gasteiger partial charge on any atom is -0.394 e. The number of carbonyl (C=O) groups is 1. The molecule has 1 fully saturated rings. The lowest BCUT2D eigenvalue weighted by molar-refractivity contribution is -0.150. The number of aliphatic hydroxyl groups is 1. The fourth-order valence-corrected chi connectivity index (χ4v) is 3.78. The van der Waals surface area contributed by atoms with Crippen molar-refractivity contribution in [2.45, 2.75) is 24.9 Å². The number of hydrogen-bond donors (Lipinski definition) is 1. The van der Waals surface area contributed by atoms with Crippen molar-refractivity contribution in [2.24, 2.45) is 0 Å². The van der Waals surface area contributed by atoms with Gasteiger partial charge in [0.2, 0.25) is 5.91 Å². The van der Waals surface area contributed by atoms with E-state index in [1.54, 1.807) is 0 Å². The fraction of sp³-hybridized carbons (Fsp3) is 0.333. The largest absolute Gasteiger partial charge is 0.394 e. The molecule has 0 radical (unpaired) electrons. The summed E-state index contributed by atoms with van der Waals surface area (Å²) >= 11 is 0. The topological polar surface area (TPSA) is 73.6 Å². The van der Waals surface area contributed by atoms with E-state index in [4.69, 9.17) is 4.74 Å². The van der Waals surface area contributed by atoms with Crippen molar-refractivity contribution in [3.05, 3.63) is 59.7 Å². The minimum absolute atomic E-state index is 0.0963. The van der Waals surface area contributed by atoms with Crippen molar-refractivity contribution < 1.29 is 14.6 Å². The van der Waals surface area contributed by atoms with Crippen LogP contribution in [0.15, 0.2) is 48.5 Å². The number of nitrogens with zero attached hydrogens (tertiary/aromatic N) is 2. The van der Waals surface area contributed by atoms with Crippen LogP contribution in [0.3, 0.4) is 0 Å². The average Bonchev–Trinajstić information content (AvgIpc) is 2.62. The molecule has 1 heterocycles. The molecule has 5 heteroatoms. The maximum atomic E-state index is 12.3. The van der Waals surface area contributed by atoms with Gasteiger partial charge in [-0.1, -0.05) is 54.1 Å². The van der Waals surface area contributed by atoms with Crippen LogP contribution in [-0.2, 0) is 9.53 Å². The molecule has 1 saturated heterocycles. The molecule has 0 spiro atoms. The Morgan fingerprint density at radius 3 is 2.69 bits per heavy atom. The average molecular weight is 350 g/mol. The van der Waals surface area contributed by atoms with Crippen molar-refractivity contribution in [1.82, 2.24) is 4.90 Å². The maximum Gasteiger partial charge on any atom is 0.249 e.